The number of halogens is 2. The maximum Gasteiger partial charge on any atom is 0.250 e. The van der Waals surface area contributed by atoms with Gasteiger partial charge in [-0.1, -0.05) is 42.5 Å². The smallest absolute Gasteiger partial charge is 0.250 e. The fourth-order valence-electron chi connectivity index (χ4n) is 5.62. The fourth-order valence-corrected chi connectivity index (χ4v) is 5.62. The maximum absolute atomic E-state index is 14.1. The molecule has 1 saturated heterocycles. The number of amides is 3. The van der Waals surface area contributed by atoms with Crippen LogP contribution >= 0.6 is 0 Å². The van der Waals surface area contributed by atoms with E-state index in [0.29, 0.717) is 37.1 Å². The molecule has 0 bridgehead atoms. The number of aromatic nitrogens is 2. The van der Waals surface area contributed by atoms with E-state index in [1.165, 1.54) is 79.5 Å². The Balaban J connectivity index is 1.29. The molecule has 13 heteroatoms. The van der Waals surface area contributed by atoms with Gasteiger partial charge in [0.25, 0.3) is 5.91 Å². The van der Waals surface area contributed by atoms with Gasteiger partial charge in [-0.05, 0) is 74.2 Å². The van der Waals surface area contributed by atoms with Crippen LogP contribution in [-0.2, 0) is 25.7 Å². The SMILES string of the molecule is CC(C)(N)C(=O)N[C@H](COCc1ccccc1)C(=O)Nc1cn(C(C(=O)N2CCC(C(=O)c3ccc(F)cc3)CC2)c2ccc(F)cc2)cn1. The Labute approximate surface area is 288 Å². The fraction of sp³-hybridized carbons (Fsp3) is 0.324. The van der Waals surface area contributed by atoms with E-state index in [1.807, 2.05) is 30.3 Å². The van der Waals surface area contributed by atoms with Gasteiger partial charge in [0.1, 0.15) is 23.7 Å². The molecule has 3 amide bonds. The number of Topliss-reactive ketones (excluding diaryl/α,β-unsaturated/α-hetero) is 1. The van der Waals surface area contributed by atoms with Crippen molar-refractivity contribution in [1.82, 2.24) is 19.8 Å². The van der Waals surface area contributed by atoms with E-state index in [-0.39, 0.29) is 36.6 Å². The van der Waals surface area contributed by atoms with Gasteiger partial charge in [0.2, 0.25) is 11.8 Å². The molecule has 4 N–H and O–H groups in total. The number of rotatable bonds is 13. The zero-order valence-electron chi connectivity index (χ0n) is 27.9. The summed E-state index contributed by atoms with van der Waals surface area (Å²) in [6.45, 7) is 3.69. The first-order valence-corrected chi connectivity index (χ1v) is 16.3. The van der Waals surface area contributed by atoms with E-state index >= 15 is 0 Å². The highest BCUT2D eigenvalue weighted by Crippen LogP contribution is 2.28. The van der Waals surface area contributed by atoms with Crippen LogP contribution in [0.25, 0.3) is 0 Å². The van der Waals surface area contributed by atoms with Crippen molar-refractivity contribution < 1.29 is 32.7 Å². The molecular weight excluding hydrogens is 646 g/mol. The Morgan fingerprint density at radius 1 is 0.940 bits per heavy atom. The van der Waals surface area contributed by atoms with Gasteiger partial charge in [-0.2, -0.15) is 0 Å². The molecule has 0 radical (unpaired) electrons. The summed E-state index contributed by atoms with van der Waals surface area (Å²) in [5.41, 5.74) is 6.49. The van der Waals surface area contributed by atoms with Crippen LogP contribution in [-0.4, -0.2) is 69.2 Å². The summed E-state index contributed by atoms with van der Waals surface area (Å²) in [7, 11) is 0. The van der Waals surface area contributed by atoms with Crippen molar-refractivity contribution in [2.75, 3.05) is 25.0 Å². The van der Waals surface area contributed by atoms with Crippen LogP contribution in [0.3, 0.4) is 0 Å². The Morgan fingerprint density at radius 2 is 1.56 bits per heavy atom. The third kappa shape index (κ3) is 9.24. The minimum absolute atomic E-state index is 0.0998. The summed E-state index contributed by atoms with van der Waals surface area (Å²) in [5, 5.41) is 5.32. The van der Waals surface area contributed by atoms with Crippen molar-refractivity contribution in [2.24, 2.45) is 11.7 Å². The number of nitrogens with one attached hydrogen (secondary N) is 2. The van der Waals surface area contributed by atoms with Gasteiger partial charge < -0.3 is 30.6 Å². The van der Waals surface area contributed by atoms with Gasteiger partial charge in [-0.15, -0.1) is 0 Å². The first kappa shape index (κ1) is 36.0. The minimum atomic E-state index is -1.26. The van der Waals surface area contributed by atoms with Crippen LogP contribution in [0, 0.1) is 17.6 Å². The number of nitrogens with zero attached hydrogens (tertiary/aromatic N) is 3. The van der Waals surface area contributed by atoms with Crippen LogP contribution < -0.4 is 16.4 Å². The third-order valence-electron chi connectivity index (χ3n) is 8.48. The Bertz CT molecular complexity index is 1780. The minimum Gasteiger partial charge on any atom is -0.374 e. The second-order valence-electron chi connectivity index (χ2n) is 12.9. The summed E-state index contributed by atoms with van der Waals surface area (Å²) in [6.07, 6.45) is 3.70. The highest BCUT2D eigenvalue weighted by atomic mass is 19.1. The molecule has 3 aromatic carbocycles. The molecule has 5 rings (SSSR count). The predicted octanol–water partition coefficient (Wildman–Crippen LogP) is 4.25. The van der Waals surface area contributed by atoms with Crippen molar-refractivity contribution in [3.05, 3.63) is 120 Å². The van der Waals surface area contributed by atoms with E-state index in [0.717, 1.165) is 5.56 Å². The van der Waals surface area contributed by atoms with E-state index in [4.69, 9.17) is 10.5 Å². The number of anilines is 1. The summed E-state index contributed by atoms with van der Waals surface area (Å²) in [6, 6.07) is 18.2. The predicted molar refractivity (Wildman–Crippen MR) is 182 cm³/mol. The zero-order valence-corrected chi connectivity index (χ0v) is 27.9. The number of ketones is 1. The van der Waals surface area contributed by atoms with Crippen molar-refractivity contribution in [3.63, 3.8) is 0 Å². The summed E-state index contributed by atoms with van der Waals surface area (Å²) < 4.78 is 34.5. The summed E-state index contributed by atoms with van der Waals surface area (Å²) in [5.74, 6) is -2.68. The van der Waals surface area contributed by atoms with E-state index in [9.17, 15) is 28.0 Å². The third-order valence-corrected chi connectivity index (χ3v) is 8.48. The molecule has 262 valence electrons. The lowest BCUT2D eigenvalue weighted by Gasteiger charge is -2.34. The lowest BCUT2D eigenvalue weighted by Crippen LogP contribution is -2.56. The van der Waals surface area contributed by atoms with Crippen LogP contribution in [0.2, 0.25) is 0 Å². The largest absolute Gasteiger partial charge is 0.374 e. The van der Waals surface area contributed by atoms with Gasteiger partial charge in [0, 0.05) is 30.8 Å². The number of likely N-dealkylation sites (tertiary alicyclic amines) is 1. The van der Waals surface area contributed by atoms with E-state index in [1.54, 1.807) is 4.90 Å². The number of hydrogen-bond donors (Lipinski definition) is 3. The summed E-state index contributed by atoms with van der Waals surface area (Å²) >= 11 is 0. The van der Waals surface area contributed by atoms with Crippen LogP contribution in [0.15, 0.2) is 91.4 Å². The van der Waals surface area contributed by atoms with Gasteiger partial charge in [0.15, 0.2) is 11.6 Å². The normalized spacial score (nSPS) is 14.9. The molecule has 1 unspecified atom stereocenters. The molecule has 2 heterocycles. The van der Waals surface area contributed by atoms with Crippen molar-refractivity contribution in [2.45, 2.75) is 50.9 Å². The topological polar surface area (TPSA) is 149 Å². The lowest BCUT2D eigenvalue weighted by atomic mass is 9.88. The number of carbonyl (C=O) groups excluding carboxylic acids is 4. The highest BCUT2D eigenvalue weighted by Gasteiger charge is 2.34. The first-order chi connectivity index (χ1) is 23.9. The van der Waals surface area contributed by atoms with Crippen molar-refractivity contribution >= 4 is 29.3 Å². The van der Waals surface area contributed by atoms with Crippen LogP contribution in [0.1, 0.15) is 54.2 Å². The molecule has 1 aliphatic heterocycles. The lowest BCUT2D eigenvalue weighted by molar-refractivity contribution is -0.134. The Hall–Kier alpha value is -5.27. The second-order valence-corrected chi connectivity index (χ2v) is 12.9. The van der Waals surface area contributed by atoms with Gasteiger partial charge in [-0.25, -0.2) is 13.8 Å². The van der Waals surface area contributed by atoms with Gasteiger partial charge >= 0.3 is 0 Å². The van der Waals surface area contributed by atoms with Crippen molar-refractivity contribution in [1.29, 1.82) is 0 Å². The quantitative estimate of drug-likeness (QED) is 0.178. The number of carbonyl (C=O) groups is 4. The average molecular weight is 687 g/mol. The number of ether oxygens (including phenoxy) is 1. The standard InChI is InChI=1S/C37H40F2N6O5/c1-37(2,40)36(49)42-30(22-50-21-24-6-4-3-5-7-24)34(47)43-31-20-45(23-41-31)32(25-8-12-28(38)13-9-25)35(48)44-18-16-27(17-19-44)33(46)26-10-14-29(39)15-11-26/h3-15,20,23,27,30,32H,16-19,21-22,40H2,1-2H3,(H,42,49)(H,43,47)/t30-,32?/m1/s1. The van der Waals surface area contributed by atoms with E-state index < -0.39 is 41.1 Å². The Kier molecular flexibility index (Phi) is 11.5. The average Bonchev–Trinajstić information content (AvgIpc) is 3.56. The molecule has 11 nitrogen and oxygen atoms in total. The molecule has 0 saturated carbocycles. The molecule has 1 fully saturated rings. The van der Waals surface area contributed by atoms with Crippen molar-refractivity contribution in [3.8, 4) is 0 Å². The molecular formula is C37H40F2N6O5. The first-order valence-electron chi connectivity index (χ1n) is 16.3. The second kappa shape index (κ2) is 16.0. The Morgan fingerprint density at radius 3 is 2.18 bits per heavy atom. The number of benzene rings is 3. The van der Waals surface area contributed by atoms with Gasteiger partial charge in [0.05, 0.1) is 25.1 Å². The number of imidazole rings is 1. The highest BCUT2D eigenvalue weighted by molar-refractivity contribution is 5.98. The maximum atomic E-state index is 14.1. The molecule has 0 aliphatic carbocycles. The zero-order chi connectivity index (χ0) is 35.8. The summed E-state index contributed by atoms with van der Waals surface area (Å²) in [4.78, 5) is 59.2. The number of nitrogens with two attached hydrogens (primary N) is 1. The van der Waals surface area contributed by atoms with Gasteiger partial charge in [-0.3, -0.25) is 19.2 Å². The van der Waals surface area contributed by atoms with Crippen LogP contribution in [0.4, 0.5) is 14.6 Å². The van der Waals surface area contributed by atoms with Crippen LogP contribution in [0.5, 0.6) is 0 Å². The number of hydrogen-bond acceptors (Lipinski definition) is 7. The monoisotopic (exact) mass is 686 g/mol. The molecule has 1 aliphatic rings. The number of piperidine rings is 1. The molecule has 2 atom stereocenters. The molecule has 4 aromatic rings. The molecule has 0 spiro atoms. The van der Waals surface area contributed by atoms with E-state index in [2.05, 4.69) is 15.6 Å². The molecule has 1 aromatic heterocycles. The molecule has 50 heavy (non-hydrogen) atoms.